The van der Waals surface area contributed by atoms with Crippen LogP contribution in [0.4, 0.5) is 17.6 Å². The maximum Gasteiger partial charge on any atom is 0.395 e. The molecule has 2 atom stereocenters. The molecule has 10 heteroatoms. The number of hydrogen-bond acceptors (Lipinski definition) is 5. The van der Waals surface area contributed by atoms with E-state index in [0.29, 0.717) is 22.3 Å². The molecule has 1 N–H and O–H groups in total. The van der Waals surface area contributed by atoms with Gasteiger partial charge in [-0.2, -0.15) is 13.2 Å². The fraction of sp³-hybridized carbons (Fsp3) is 0.370. The summed E-state index contributed by atoms with van der Waals surface area (Å²) in [5.74, 6) is -2.62. The minimum absolute atomic E-state index is 0.0299. The Morgan fingerprint density at radius 3 is 2.59 bits per heavy atom. The number of carboxylic acid groups (broad SMARTS) is 1. The SMILES string of the molecule is COc1ccc(F)c(-c2scc(COc3cccc(C(CC(=O)O)SC4CC4)c3)c2C(C)C(F)(F)F)c1. The predicted octanol–water partition coefficient (Wildman–Crippen LogP) is 8.22. The largest absolute Gasteiger partial charge is 0.497 e. The monoisotopic (exact) mass is 554 g/mol. The number of thioether (sulfide) groups is 1. The molecular formula is C27H26F4O4S2. The first-order valence-electron chi connectivity index (χ1n) is 11.7. The summed E-state index contributed by atoms with van der Waals surface area (Å²) in [5, 5.41) is 11.1. The van der Waals surface area contributed by atoms with Gasteiger partial charge in [0, 0.05) is 26.5 Å². The number of hydrogen-bond donors (Lipinski definition) is 1. The lowest BCUT2D eigenvalue weighted by Crippen LogP contribution is -2.19. The van der Waals surface area contributed by atoms with E-state index in [1.807, 2.05) is 6.07 Å². The molecule has 1 aliphatic carbocycles. The van der Waals surface area contributed by atoms with Crippen molar-refractivity contribution < 1.29 is 36.9 Å². The summed E-state index contributed by atoms with van der Waals surface area (Å²) in [4.78, 5) is 11.6. The van der Waals surface area contributed by atoms with E-state index in [1.54, 1.807) is 35.3 Å². The van der Waals surface area contributed by atoms with Gasteiger partial charge in [0.05, 0.1) is 19.4 Å². The Morgan fingerprint density at radius 2 is 1.95 bits per heavy atom. The fourth-order valence-electron chi connectivity index (χ4n) is 3.97. The number of methoxy groups -OCH3 is 1. The fourth-order valence-corrected chi connectivity index (χ4v) is 6.56. The molecule has 1 aliphatic rings. The third-order valence-electron chi connectivity index (χ3n) is 6.12. The lowest BCUT2D eigenvalue weighted by molar-refractivity contribution is -0.146. The molecule has 1 heterocycles. The summed E-state index contributed by atoms with van der Waals surface area (Å²) in [6.45, 7) is 0.903. The van der Waals surface area contributed by atoms with E-state index < -0.39 is 23.9 Å². The summed E-state index contributed by atoms with van der Waals surface area (Å²) < 4.78 is 67.3. The highest BCUT2D eigenvalue weighted by molar-refractivity contribution is 8.00. The van der Waals surface area contributed by atoms with Crippen LogP contribution in [0.3, 0.4) is 0 Å². The Hall–Kier alpha value is -2.72. The van der Waals surface area contributed by atoms with Gasteiger partial charge in [-0.05, 0) is 66.6 Å². The third-order valence-corrected chi connectivity index (χ3v) is 8.82. The second kappa shape index (κ2) is 11.3. The predicted molar refractivity (Wildman–Crippen MR) is 137 cm³/mol. The zero-order valence-electron chi connectivity index (χ0n) is 20.2. The molecule has 1 saturated carbocycles. The molecule has 198 valence electrons. The van der Waals surface area contributed by atoms with Crippen molar-refractivity contribution in [1.82, 2.24) is 0 Å². The van der Waals surface area contributed by atoms with Gasteiger partial charge in [0.2, 0.25) is 0 Å². The van der Waals surface area contributed by atoms with Crippen molar-refractivity contribution in [3.05, 3.63) is 70.4 Å². The summed E-state index contributed by atoms with van der Waals surface area (Å²) in [7, 11) is 1.41. The number of benzene rings is 2. The molecular weight excluding hydrogens is 528 g/mol. The van der Waals surface area contributed by atoms with E-state index >= 15 is 0 Å². The van der Waals surface area contributed by atoms with Crippen molar-refractivity contribution in [2.75, 3.05) is 7.11 Å². The molecule has 0 amide bonds. The Morgan fingerprint density at radius 1 is 1.19 bits per heavy atom. The van der Waals surface area contributed by atoms with Gasteiger partial charge in [-0.1, -0.05) is 12.1 Å². The second-order valence-electron chi connectivity index (χ2n) is 8.90. The van der Waals surface area contributed by atoms with Crippen LogP contribution in [0.25, 0.3) is 10.4 Å². The number of alkyl halides is 3. The number of rotatable bonds is 11. The van der Waals surface area contributed by atoms with Crippen LogP contribution in [0, 0.1) is 5.82 Å². The number of carboxylic acids is 1. The number of carbonyl (C=O) groups is 1. The number of ether oxygens (including phenoxy) is 2. The van der Waals surface area contributed by atoms with Gasteiger partial charge in [0.25, 0.3) is 0 Å². The topological polar surface area (TPSA) is 55.8 Å². The van der Waals surface area contributed by atoms with Crippen molar-refractivity contribution in [3.8, 4) is 21.9 Å². The van der Waals surface area contributed by atoms with Gasteiger partial charge in [0.15, 0.2) is 0 Å². The zero-order chi connectivity index (χ0) is 26.7. The minimum atomic E-state index is -4.54. The van der Waals surface area contributed by atoms with Crippen LogP contribution in [0.15, 0.2) is 47.8 Å². The molecule has 0 radical (unpaired) electrons. The Kier molecular flexibility index (Phi) is 8.38. The van der Waals surface area contributed by atoms with Crippen LogP contribution in [0.5, 0.6) is 11.5 Å². The molecule has 2 unspecified atom stereocenters. The molecule has 0 bridgehead atoms. The molecule has 2 aromatic carbocycles. The van der Waals surface area contributed by atoms with Crippen LogP contribution >= 0.6 is 23.1 Å². The maximum atomic E-state index is 14.7. The minimum Gasteiger partial charge on any atom is -0.497 e. The standard InChI is InChI=1S/C27H26F4O4S2/c1-15(27(29,30)31)25-17(14-36-26(25)21-11-18(34-2)6-9-22(21)28)13-35-19-5-3-4-16(10-19)23(12-24(32)33)37-20-7-8-20/h3-6,9-11,14-15,20,23H,7-8,12-13H2,1-2H3,(H,32,33). The van der Waals surface area contributed by atoms with Gasteiger partial charge >= 0.3 is 12.1 Å². The van der Waals surface area contributed by atoms with E-state index in [0.717, 1.165) is 36.7 Å². The molecule has 0 spiro atoms. The molecule has 0 saturated heterocycles. The van der Waals surface area contributed by atoms with Crippen LogP contribution in [-0.4, -0.2) is 29.6 Å². The van der Waals surface area contributed by atoms with E-state index in [-0.39, 0.29) is 34.3 Å². The van der Waals surface area contributed by atoms with Gasteiger partial charge < -0.3 is 14.6 Å². The van der Waals surface area contributed by atoms with E-state index in [2.05, 4.69) is 0 Å². The molecule has 4 rings (SSSR count). The van der Waals surface area contributed by atoms with Crippen LogP contribution in [-0.2, 0) is 11.4 Å². The first kappa shape index (κ1) is 27.3. The van der Waals surface area contributed by atoms with E-state index in [4.69, 9.17) is 9.47 Å². The van der Waals surface area contributed by atoms with Gasteiger partial charge in [0.1, 0.15) is 23.9 Å². The maximum absolute atomic E-state index is 14.7. The van der Waals surface area contributed by atoms with Gasteiger partial charge in [-0.25, -0.2) is 4.39 Å². The highest BCUT2D eigenvalue weighted by Gasteiger charge is 2.40. The lowest BCUT2D eigenvalue weighted by atomic mass is 9.94. The molecule has 3 aromatic rings. The average molecular weight is 555 g/mol. The van der Waals surface area contributed by atoms with Crippen molar-refractivity contribution in [1.29, 1.82) is 0 Å². The number of thiophene rings is 1. The zero-order valence-corrected chi connectivity index (χ0v) is 21.8. The quantitative estimate of drug-likeness (QED) is 0.242. The van der Waals surface area contributed by atoms with Crippen molar-refractivity contribution >= 4 is 29.1 Å². The Bertz CT molecular complexity index is 1250. The van der Waals surface area contributed by atoms with Crippen LogP contribution in [0.2, 0.25) is 0 Å². The first-order chi connectivity index (χ1) is 17.6. The Labute approximate surface area is 220 Å². The molecule has 0 aliphatic heterocycles. The van der Waals surface area contributed by atoms with Crippen molar-refractivity contribution in [2.24, 2.45) is 0 Å². The molecule has 1 fully saturated rings. The van der Waals surface area contributed by atoms with E-state index in [1.165, 1.54) is 25.3 Å². The summed E-state index contributed by atoms with van der Waals surface area (Å²) in [6.07, 6.45) is -2.45. The average Bonchev–Trinajstić information content (AvgIpc) is 3.58. The molecule has 1 aromatic heterocycles. The normalized spacial score (nSPS) is 15.3. The van der Waals surface area contributed by atoms with Gasteiger partial charge in [-0.15, -0.1) is 23.1 Å². The highest BCUT2D eigenvalue weighted by Crippen LogP contribution is 2.47. The summed E-state index contributed by atoms with van der Waals surface area (Å²) in [5.41, 5.74) is 1.11. The number of aliphatic carboxylic acids is 1. The lowest BCUT2D eigenvalue weighted by Gasteiger charge is -2.20. The summed E-state index contributed by atoms with van der Waals surface area (Å²) in [6, 6.07) is 11.0. The summed E-state index contributed by atoms with van der Waals surface area (Å²) >= 11 is 2.65. The molecule has 37 heavy (non-hydrogen) atoms. The van der Waals surface area contributed by atoms with E-state index in [9.17, 15) is 27.5 Å². The van der Waals surface area contributed by atoms with Crippen molar-refractivity contribution in [3.63, 3.8) is 0 Å². The number of halogens is 4. The van der Waals surface area contributed by atoms with Crippen LogP contribution in [0.1, 0.15) is 54.0 Å². The smallest absolute Gasteiger partial charge is 0.395 e. The second-order valence-corrected chi connectivity index (χ2v) is 11.3. The third kappa shape index (κ3) is 6.78. The Balaban J connectivity index is 1.62. The first-order valence-corrected chi connectivity index (χ1v) is 13.5. The van der Waals surface area contributed by atoms with Crippen molar-refractivity contribution in [2.45, 2.75) is 55.4 Å². The highest BCUT2D eigenvalue weighted by atomic mass is 32.2. The van der Waals surface area contributed by atoms with Crippen LogP contribution < -0.4 is 9.47 Å². The van der Waals surface area contributed by atoms with Gasteiger partial charge in [-0.3, -0.25) is 4.79 Å². The molecule has 4 nitrogen and oxygen atoms in total.